The number of aryl methyl sites for hydroxylation is 1. The number of esters is 1. The van der Waals surface area contributed by atoms with Crippen molar-refractivity contribution in [1.82, 2.24) is 9.55 Å². The molecule has 1 amide bonds. The molecule has 160 valence electrons. The summed E-state index contributed by atoms with van der Waals surface area (Å²) < 4.78 is 12.9. The molecule has 2 aromatic carbocycles. The van der Waals surface area contributed by atoms with Gasteiger partial charge in [0.1, 0.15) is 18.2 Å². The Kier molecular flexibility index (Phi) is 6.02. The summed E-state index contributed by atoms with van der Waals surface area (Å²) in [6.07, 6.45) is 3.67. The molecule has 1 aromatic heterocycles. The fourth-order valence-electron chi connectivity index (χ4n) is 3.77. The summed E-state index contributed by atoms with van der Waals surface area (Å²) in [5, 5.41) is 0. The largest absolute Gasteiger partial charge is 0.495 e. The van der Waals surface area contributed by atoms with Crippen LogP contribution in [0.2, 0.25) is 0 Å². The summed E-state index contributed by atoms with van der Waals surface area (Å²) in [5.74, 6) is 0.248. The van der Waals surface area contributed by atoms with Crippen molar-refractivity contribution in [3.8, 4) is 5.75 Å². The van der Waals surface area contributed by atoms with E-state index in [1.165, 1.54) is 0 Å². The quantitative estimate of drug-likeness (QED) is 0.549. The van der Waals surface area contributed by atoms with Crippen LogP contribution >= 0.6 is 0 Å². The fourth-order valence-corrected chi connectivity index (χ4v) is 3.77. The number of benzene rings is 2. The van der Waals surface area contributed by atoms with Crippen molar-refractivity contribution in [3.05, 3.63) is 77.9 Å². The zero-order chi connectivity index (χ0) is 21.8. The lowest BCUT2D eigenvalue weighted by molar-refractivity contribution is -0.150. The summed E-state index contributed by atoms with van der Waals surface area (Å²) in [6, 6.07) is 15.7. The van der Waals surface area contributed by atoms with E-state index >= 15 is 0 Å². The molecular weight excluding hydrogens is 394 g/mol. The van der Waals surface area contributed by atoms with Crippen LogP contribution in [0.1, 0.15) is 23.4 Å². The summed E-state index contributed by atoms with van der Waals surface area (Å²) in [5.41, 5.74) is 2.83. The highest BCUT2D eigenvalue weighted by molar-refractivity contribution is 6.00. The van der Waals surface area contributed by atoms with Crippen LogP contribution in [0.4, 0.5) is 5.69 Å². The molecule has 0 spiro atoms. The first-order valence-electron chi connectivity index (χ1n) is 10.2. The number of anilines is 1. The minimum Gasteiger partial charge on any atom is -0.495 e. The van der Waals surface area contributed by atoms with E-state index < -0.39 is 11.9 Å². The Hall–Kier alpha value is -3.61. The van der Waals surface area contributed by atoms with Gasteiger partial charge in [-0.1, -0.05) is 36.4 Å². The number of carbonyl (C=O) groups excluding carboxylic acids is 2. The van der Waals surface area contributed by atoms with Crippen LogP contribution in [-0.2, 0) is 27.5 Å². The second kappa shape index (κ2) is 9.04. The number of imidazole rings is 1. The summed E-state index contributed by atoms with van der Waals surface area (Å²) in [4.78, 5) is 31.2. The van der Waals surface area contributed by atoms with Crippen molar-refractivity contribution >= 4 is 17.6 Å². The van der Waals surface area contributed by atoms with E-state index in [4.69, 9.17) is 9.47 Å². The molecule has 1 fully saturated rings. The van der Waals surface area contributed by atoms with Gasteiger partial charge in [0.15, 0.2) is 0 Å². The molecule has 0 N–H and O–H groups in total. The number of carbonyl (C=O) groups is 2. The SMILES string of the molecule is COc1ccc(C)cc1N1CC(C(=O)OCc2nccn2Cc2ccccc2)CC1=O. The molecule has 3 aromatic rings. The Morgan fingerprint density at radius 3 is 2.77 bits per heavy atom. The van der Waals surface area contributed by atoms with E-state index in [0.717, 1.165) is 11.1 Å². The maximum absolute atomic E-state index is 12.7. The Labute approximate surface area is 181 Å². The molecule has 1 aliphatic heterocycles. The van der Waals surface area contributed by atoms with Gasteiger partial charge in [0.05, 0.1) is 18.7 Å². The zero-order valence-electron chi connectivity index (χ0n) is 17.7. The smallest absolute Gasteiger partial charge is 0.311 e. The van der Waals surface area contributed by atoms with Crippen molar-refractivity contribution in [3.63, 3.8) is 0 Å². The number of methoxy groups -OCH3 is 1. The van der Waals surface area contributed by atoms with Gasteiger partial charge < -0.3 is 18.9 Å². The number of hydrogen-bond acceptors (Lipinski definition) is 5. The van der Waals surface area contributed by atoms with Gasteiger partial charge in [-0.15, -0.1) is 0 Å². The second-order valence-electron chi connectivity index (χ2n) is 7.65. The third-order valence-electron chi connectivity index (χ3n) is 5.42. The normalized spacial score (nSPS) is 15.9. The van der Waals surface area contributed by atoms with E-state index in [9.17, 15) is 9.59 Å². The first-order valence-corrected chi connectivity index (χ1v) is 10.2. The van der Waals surface area contributed by atoms with Gasteiger partial charge in [0.2, 0.25) is 5.91 Å². The van der Waals surface area contributed by atoms with E-state index in [0.29, 0.717) is 23.8 Å². The second-order valence-corrected chi connectivity index (χ2v) is 7.65. The Morgan fingerprint density at radius 1 is 1.19 bits per heavy atom. The first kappa shape index (κ1) is 20.7. The molecule has 2 heterocycles. The standard InChI is InChI=1S/C24H25N3O4/c1-17-8-9-21(30-2)20(12-17)27-15-19(13-23(27)28)24(29)31-16-22-25-10-11-26(22)14-18-6-4-3-5-7-18/h3-12,19H,13-16H2,1-2H3. The lowest BCUT2D eigenvalue weighted by atomic mass is 10.1. The van der Waals surface area contributed by atoms with Crippen LogP contribution in [-0.4, -0.2) is 35.1 Å². The zero-order valence-corrected chi connectivity index (χ0v) is 17.7. The number of hydrogen-bond donors (Lipinski definition) is 0. The van der Waals surface area contributed by atoms with Crippen LogP contribution in [0.5, 0.6) is 5.75 Å². The summed E-state index contributed by atoms with van der Waals surface area (Å²) >= 11 is 0. The number of nitrogens with zero attached hydrogens (tertiary/aromatic N) is 3. The van der Waals surface area contributed by atoms with Gasteiger partial charge in [-0.25, -0.2) is 4.98 Å². The third kappa shape index (κ3) is 4.60. The van der Waals surface area contributed by atoms with Crippen LogP contribution in [0.3, 0.4) is 0 Å². The molecule has 7 heteroatoms. The molecule has 4 rings (SSSR count). The Balaban J connectivity index is 1.39. The van der Waals surface area contributed by atoms with Crippen molar-refractivity contribution in [1.29, 1.82) is 0 Å². The molecule has 0 aliphatic carbocycles. The highest BCUT2D eigenvalue weighted by Gasteiger charge is 2.37. The van der Waals surface area contributed by atoms with Gasteiger partial charge >= 0.3 is 5.97 Å². The van der Waals surface area contributed by atoms with Gasteiger partial charge in [-0.3, -0.25) is 9.59 Å². The topological polar surface area (TPSA) is 73.7 Å². The van der Waals surface area contributed by atoms with Gasteiger partial charge in [0.25, 0.3) is 0 Å². The van der Waals surface area contributed by atoms with Crippen LogP contribution in [0.25, 0.3) is 0 Å². The third-order valence-corrected chi connectivity index (χ3v) is 5.42. The van der Waals surface area contributed by atoms with Crippen molar-refractivity contribution in [2.24, 2.45) is 5.92 Å². The lowest BCUT2D eigenvalue weighted by Crippen LogP contribution is -2.27. The van der Waals surface area contributed by atoms with Gasteiger partial charge in [-0.2, -0.15) is 0 Å². The predicted molar refractivity (Wildman–Crippen MR) is 116 cm³/mol. The maximum atomic E-state index is 12.7. The Morgan fingerprint density at radius 2 is 2.00 bits per heavy atom. The van der Waals surface area contributed by atoms with Gasteiger partial charge in [-0.05, 0) is 30.2 Å². The maximum Gasteiger partial charge on any atom is 0.311 e. The monoisotopic (exact) mass is 419 g/mol. The highest BCUT2D eigenvalue weighted by Crippen LogP contribution is 2.34. The molecule has 1 saturated heterocycles. The predicted octanol–water partition coefficient (Wildman–Crippen LogP) is 3.34. The molecule has 1 unspecified atom stereocenters. The molecule has 0 bridgehead atoms. The minimum absolute atomic E-state index is 0.0666. The number of aromatic nitrogens is 2. The highest BCUT2D eigenvalue weighted by atomic mass is 16.5. The first-order chi connectivity index (χ1) is 15.0. The lowest BCUT2D eigenvalue weighted by Gasteiger charge is -2.20. The van der Waals surface area contributed by atoms with E-state index in [1.54, 1.807) is 18.2 Å². The van der Waals surface area contributed by atoms with E-state index in [-0.39, 0.29) is 25.5 Å². The summed E-state index contributed by atoms with van der Waals surface area (Å²) in [7, 11) is 1.57. The summed E-state index contributed by atoms with van der Waals surface area (Å²) in [6.45, 7) is 2.94. The Bertz CT molecular complexity index is 1080. The molecule has 7 nitrogen and oxygen atoms in total. The van der Waals surface area contributed by atoms with Crippen LogP contribution in [0.15, 0.2) is 60.9 Å². The van der Waals surface area contributed by atoms with E-state index in [1.807, 2.05) is 66.2 Å². The average molecular weight is 419 g/mol. The molecule has 31 heavy (non-hydrogen) atoms. The average Bonchev–Trinajstić information content (AvgIpc) is 3.39. The molecule has 1 aliphatic rings. The number of ether oxygens (including phenoxy) is 2. The van der Waals surface area contributed by atoms with Crippen molar-refractivity contribution in [2.45, 2.75) is 26.5 Å². The van der Waals surface area contributed by atoms with Crippen LogP contribution in [0, 0.1) is 12.8 Å². The number of rotatable bonds is 7. The number of amides is 1. The van der Waals surface area contributed by atoms with Crippen LogP contribution < -0.4 is 9.64 Å². The molecule has 0 radical (unpaired) electrons. The van der Waals surface area contributed by atoms with Crippen molar-refractivity contribution in [2.75, 3.05) is 18.6 Å². The van der Waals surface area contributed by atoms with E-state index in [2.05, 4.69) is 4.98 Å². The van der Waals surface area contributed by atoms with Crippen molar-refractivity contribution < 1.29 is 19.1 Å². The van der Waals surface area contributed by atoms with Gasteiger partial charge in [0, 0.05) is 31.9 Å². The molecule has 1 atom stereocenters. The molecule has 0 saturated carbocycles. The minimum atomic E-state index is -0.518. The fraction of sp³-hybridized carbons (Fsp3) is 0.292. The molecular formula is C24H25N3O4.